The maximum Gasteiger partial charge on any atom is 0.131 e. The third-order valence-corrected chi connectivity index (χ3v) is 3.68. The molecule has 2 heterocycles. The molecule has 3 rings (SSSR count). The fourth-order valence-electron chi connectivity index (χ4n) is 2.38. The van der Waals surface area contributed by atoms with Gasteiger partial charge < -0.3 is 4.98 Å². The normalized spacial score (nSPS) is 13.9. The van der Waals surface area contributed by atoms with Crippen molar-refractivity contribution in [2.75, 3.05) is 0 Å². The first-order chi connectivity index (χ1) is 9.16. The molecule has 0 saturated heterocycles. The van der Waals surface area contributed by atoms with Crippen molar-refractivity contribution in [1.82, 2.24) is 15.0 Å². The van der Waals surface area contributed by atoms with Crippen molar-refractivity contribution >= 4 is 17.7 Å². The van der Waals surface area contributed by atoms with E-state index in [0.717, 1.165) is 29.9 Å². The SMILES string of the molecule is CC(C)c1ncc(Cl)c(-c2c[nH]c3c2CCC=C3)n1. The van der Waals surface area contributed by atoms with Crippen molar-refractivity contribution in [2.45, 2.75) is 32.6 Å². The lowest BCUT2D eigenvalue weighted by molar-refractivity contribution is 0.776. The summed E-state index contributed by atoms with van der Waals surface area (Å²) < 4.78 is 0. The predicted molar refractivity (Wildman–Crippen MR) is 78.3 cm³/mol. The molecular formula is C15H16ClN3. The molecule has 98 valence electrons. The van der Waals surface area contributed by atoms with Gasteiger partial charge in [-0.15, -0.1) is 0 Å². The first kappa shape index (κ1) is 12.4. The number of hydrogen-bond donors (Lipinski definition) is 1. The quantitative estimate of drug-likeness (QED) is 0.891. The van der Waals surface area contributed by atoms with Gasteiger partial charge in [-0.3, -0.25) is 0 Å². The molecule has 0 bridgehead atoms. The molecule has 0 radical (unpaired) electrons. The Morgan fingerprint density at radius 2 is 2.21 bits per heavy atom. The summed E-state index contributed by atoms with van der Waals surface area (Å²) in [4.78, 5) is 12.2. The second-order valence-electron chi connectivity index (χ2n) is 5.12. The molecule has 0 saturated carbocycles. The van der Waals surface area contributed by atoms with Crippen LogP contribution >= 0.6 is 11.6 Å². The van der Waals surface area contributed by atoms with Gasteiger partial charge in [-0.1, -0.05) is 31.5 Å². The fraction of sp³-hybridized carbons (Fsp3) is 0.333. The molecule has 0 atom stereocenters. The van der Waals surface area contributed by atoms with Gasteiger partial charge in [0.2, 0.25) is 0 Å². The number of nitrogens with one attached hydrogen (secondary N) is 1. The van der Waals surface area contributed by atoms with E-state index in [1.54, 1.807) is 6.20 Å². The molecule has 4 heteroatoms. The smallest absolute Gasteiger partial charge is 0.131 e. The highest BCUT2D eigenvalue weighted by Gasteiger charge is 2.18. The van der Waals surface area contributed by atoms with Crippen LogP contribution in [0.5, 0.6) is 0 Å². The van der Waals surface area contributed by atoms with Crippen molar-refractivity contribution in [3.63, 3.8) is 0 Å². The highest BCUT2D eigenvalue weighted by atomic mass is 35.5. The van der Waals surface area contributed by atoms with E-state index in [1.807, 2.05) is 6.20 Å². The van der Waals surface area contributed by atoms with Crippen molar-refractivity contribution in [2.24, 2.45) is 0 Å². The zero-order valence-electron chi connectivity index (χ0n) is 11.1. The largest absolute Gasteiger partial charge is 0.361 e. The Morgan fingerprint density at radius 1 is 1.37 bits per heavy atom. The second-order valence-corrected chi connectivity index (χ2v) is 5.52. The molecule has 0 amide bonds. The zero-order chi connectivity index (χ0) is 13.4. The van der Waals surface area contributed by atoms with E-state index in [4.69, 9.17) is 11.6 Å². The van der Waals surface area contributed by atoms with Gasteiger partial charge in [-0.05, 0) is 24.5 Å². The average Bonchev–Trinajstić information content (AvgIpc) is 2.83. The van der Waals surface area contributed by atoms with E-state index < -0.39 is 0 Å². The predicted octanol–water partition coefficient (Wildman–Crippen LogP) is 4.21. The summed E-state index contributed by atoms with van der Waals surface area (Å²) in [6.45, 7) is 4.17. The van der Waals surface area contributed by atoms with Gasteiger partial charge in [-0.2, -0.15) is 0 Å². The van der Waals surface area contributed by atoms with Gasteiger partial charge in [0, 0.05) is 29.6 Å². The third kappa shape index (κ3) is 2.19. The van der Waals surface area contributed by atoms with Crippen LogP contribution in [0, 0.1) is 0 Å². The Balaban J connectivity index is 2.14. The molecule has 1 N–H and O–H groups in total. The number of H-pyrrole nitrogens is 1. The first-order valence-corrected chi connectivity index (χ1v) is 6.94. The van der Waals surface area contributed by atoms with Gasteiger partial charge >= 0.3 is 0 Å². The van der Waals surface area contributed by atoms with Gasteiger partial charge in [0.1, 0.15) is 5.82 Å². The fourth-order valence-corrected chi connectivity index (χ4v) is 2.57. The number of aromatic nitrogens is 3. The molecule has 3 nitrogen and oxygen atoms in total. The summed E-state index contributed by atoms with van der Waals surface area (Å²) in [6, 6.07) is 0. The van der Waals surface area contributed by atoms with Crippen molar-refractivity contribution < 1.29 is 0 Å². The van der Waals surface area contributed by atoms with E-state index in [2.05, 4.69) is 41.0 Å². The Labute approximate surface area is 117 Å². The van der Waals surface area contributed by atoms with Crippen LogP contribution in [0.15, 0.2) is 18.5 Å². The standard InChI is InChI=1S/C15H16ClN3/c1-9(2)15-18-8-12(16)14(19-15)11-7-17-13-6-4-3-5-10(11)13/h4,6-9,17H,3,5H2,1-2H3. The van der Waals surface area contributed by atoms with Crippen molar-refractivity contribution in [1.29, 1.82) is 0 Å². The molecular weight excluding hydrogens is 258 g/mol. The number of halogens is 1. The number of nitrogens with zero attached hydrogens (tertiary/aromatic N) is 2. The van der Waals surface area contributed by atoms with E-state index in [9.17, 15) is 0 Å². The molecule has 2 aromatic rings. The number of hydrogen-bond acceptors (Lipinski definition) is 2. The van der Waals surface area contributed by atoms with Crippen molar-refractivity contribution in [3.05, 3.63) is 40.6 Å². The molecule has 1 aliphatic rings. The van der Waals surface area contributed by atoms with Crippen LogP contribution in [0.2, 0.25) is 5.02 Å². The van der Waals surface area contributed by atoms with Crippen LogP contribution in [0.1, 0.15) is 43.3 Å². The summed E-state index contributed by atoms with van der Waals surface area (Å²) in [5.74, 6) is 1.13. The third-order valence-electron chi connectivity index (χ3n) is 3.40. The summed E-state index contributed by atoms with van der Waals surface area (Å²) in [5, 5.41) is 0.612. The Hall–Kier alpha value is -1.61. The number of fused-ring (bicyclic) bond motifs is 1. The summed E-state index contributed by atoms with van der Waals surface area (Å²) >= 11 is 6.28. The summed E-state index contributed by atoms with van der Waals surface area (Å²) in [5.41, 5.74) is 4.42. The number of rotatable bonds is 2. The van der Waals surface area contributed by atoms with Gasteiger partial charge in [0.25, 0.3) is 0 Å². The van der Waals surface area contributed by atoms with E-state index >= 15 is 0 Å². The second kappa shape index (κ2) is 4.82. The molecule has 19 heavy (non-hydrogen) atoms. The van der Waals surface area contributed by atoms with Crippen LogP contribution in [-0.4, -0.2) is 15.0 Å². The van der Waals surface area contributed by atoms with E-state index in [1.165, 1.54) is 11.3 Å². The molecule has 0 fully saturated rings. The van der Waals surface area contributed by atoms with Gasteiger partial charge in [-0.25, -0.2) is 9.97 Å². The summed E-state index contributed by atoms with van der Waals surface area (Å²) in [7, 11) is 0. The monoisotopic (exact) mass is 273 g/mol. The molecule has 2 aromatic heterocycles. The topological polar surface area (TPSA) is 41.6 Å². The van der Waals surface area contributed by atoms with Crippen LogP contribution < -0.4 is 0 Å². The average molecular weight is 274 g/mol. The minimum absolute atomic E-state index is 0.297. The minimum Gasteiger partial charge on any atom is -0.361 e. The number of aromatic amines is 1. The zero-order valence-corrected chi connectivity index (χ0v) is 11.8. The Morgan fingerprint density at radius 3 is 3.00 bits per heavy atom. The van der Waals surface area contributed by atoms with Crippen LogP contribution in [0.25, 0.3) is 17.3 Å². The van der Waals surface area contributed by atoms with E-state index in [0.29, 0.717) is 10.9 Å². The minimum atomic E-state index is 0.297. The highest BCUT2D eigenvalue weighted by molar-refractivity contribution is 6.32. The molecule has 0 aliphatic heterocycles. The lowest BCUT2D eigenvalue weighted by Crippen LogP contribution is -2.00. The summed E-state index contributed by atoms with van der Waals surface area (Å²) in [6.07, 6.45) is 10.1. The molecule has 0 spiro atoms. The van der Waals surface area contributed by atoms with E-state index in [-0.39, 0.29) is 0 Å². The molecule has 0 unspecified atom stereocenters. The van der Waals surface area contributed by atoms with Crippen LogP contribution in [0.4, 0.5) is 0 Å². The molecule has 0 aromatic carbocycles. The van der Waals surface area contributed by atoms with Gasteiger partial charge in [0.05, 0.1) is 10.7 Å². The maximum atomic E-state index is 6.28. The van der Waals surface area contributed by atoms with Gasteiger partial charge in [0.15, 0.2) is 0 Å². The first-order valence-electron chi connectivity index (χ1n) is 6.56. The molecule has 1 aliphatic carbocycles. The Bertz CT molecular complexity index is 641. The number of allylic oxidation sites excluding steroid dienone is 1. The Kier molecular flexibility index (Phi) is 3.15. The lowest BCUT2D eigenvalue weighted by Gasteiger charge is -2.11. The lowest BCUT2D eigenvalue weighted by atomic mass is 9.98. The maximum absolute atomic E-state index is 6.28. The van der Waals surface area contributed by atoms with Crippen molar-refractivity contribution in [3.8, 4) is 11.3 Å². The van der Waals surface area contributed by atoms with Crippen LogP contribution in [-0.2, 0) is 6.42 Å². The highest BCUT2D eigenvalue weighted by Crippen LogP contribution is 2.33. The van der Waals surface area contributed by atoms with Crippen LogP contribution in [0.3, 0.4) is 0 Å².